The van der Waals surface area contributed by atoms with Crippen LogP contribution in [-0.4, -0.2) is 23.7 Å². The fraction of sp³-hybridized carbons (Fsp3) is 0.182. The van der Waals surface area contributed by atoms with Crippen molar-refractivity contribution in [3.8, 4) is 17.0 Å². The van der Waals surface area contributed by atoms with Gasteiger partial charge in [0.2, 0.25) is 0 Å². The number of hydrogen-bond acceptors (Lipinski definition) is 4. The van der Waals surface area contributed by atoms with Crippen molar-refractivity contribution in [2.45, 2.75) is 20.0 Å². The van der Waals surface area contributed by atoms with Gasteiger partial charge in [-0.3, -0.25) is 4.79 Å². The van der Waals surface area contributed by atoms with Crippen LogP contribution in [0.1, 0.15) is 21.5 Å². The zero-order chi connectivity index (χ0) is 23.6. The van der Waals surface area contributed by atoms with E-state index < -0.39 is 41.6 Å². The molecule has 168 valence electrons. The predicted octanol–water partition coefficient (Wildman–Crippen LogP) is 5.42. The highest BCUT2D eigenvalue weighted by atomic mass is 19.4. The van der Waals surface area contributed by atoms with Crippen molar-refractivity contribution in [2.24, 2.45) is 0 Å². The van der Waals surface area contributed by atoms with Gasteiger partial charge in [0.25, 0.3) is 5.91 Å². The molecule has 2 aromatic carbocycles. The van der Waals surface area contributed by atoms with E-state index in [1.54, 1.807) is 13.0 Å². The maximum atomic E-state index is 14.9. The van der Waals surface area contributed by atoms with Gasteiger partial charge in [-0.1, -0.05) is 18.2 Å². The van der Waals surface area contributed by atoms with Gasteiger partial charge < -0.3 is 15.8 Å². The number of benzene rings is 2. The molecule has 0 unspecified atom stereocenters. The number of nitrogens with two attached hydrogens (primary N) is 1. The fourth-order valence-corrected chi connectivity index (χ4v) is 2.87. The van der Waals surface area contributed by atoms with E-state index in [9.17, 15) is 26.7 Å². The number of carbonyl (C=O) groups excluding carboxylic acids is 1. The molecule has 0 atom stereocenters. The van der Waals surface area contributed by atoms with Crippen molar-refractivity contribution in [3.05, 3.63) is 70.8 Å². The van der Waals surface area contributed by atoms with Crippen LogP contribution >= 0.6 is 0 Å². The summed E-state index contributed by atoms with van der Waals surface area (Å²) in [5, 5.41) is 2.26. The molecule has 0 saturated heterocycles. The summed E-state index contributed by atoms with van der Waals surface area (Å²) in [5.74, 6) is -3.19. The van der Waals surface area contributed by atoms with Crippen LogP contribution in [0.2, 0.25) is 0 Å². The Kier molecular flexibility index (Phi) is 6.33. The van der Waals surface area contributed by atoms with Crippen LogP contribution in [0, 0.1) is 25.5 Å². The van der Waals surface area contributed by atoms with Crippen molar-refractivity contribution in [1.82, 2.24) is 4.98 Å². The third-order valence-corrected chi connectivity index (χ3v) is 4.58. The highest BCUT2D eigenvalue weighted by Crippen LogP contribution is 2.32. The van der Waals surface area contributed by atoms with Gasteiger partial charge in [-0.15, -0.1) is 0 Å². The number of alkyl halides is 3. The van der Waals surface area contributed by atoms with E-state index in [1.165, 1.54) is 25.1 Å². The molecule has 1 amide bonds. The van der Waals surface area contributed by atoms with Gasteiger partial charge >= 0.3 is 6.18 Å². The number of amides is 1. The number of nitrogen functional groups attached to an aromatic ring is 1. The largest absolute Gasteiger partial charge is 0.483 e. The third kappa shape index (κ3) is 5.13. The normalized spacial score (nSPS) is 11.3. The number of ether oxygens (including phenoxy) is 1. The molecule has 10 heteroatoms. The number of nitrogens with one attached hydrogen (secondary N) is 1. The van der Waals surface area contributed by atoms with Crippen LogP contribution in [0.4, 0.5) is 33.5 Å². The minimum Gasteiger partial charge on any atom is -0.483 e. The number of aromatic nitrogens is 1. The van der Waals surface area contributed by atoms with Gasteiger partial charge in [0.15, 0.2) is 6.61 Å². The SMILES string of the molecule is Cc1ccc(-c2cc(OCC(F)(F)F)c(C(=O)Nc3c(C)cccc3F)cc2F)nc1N. The molecule has 1 heterocycles. The number of hydrogen-bond donors (Lipinski definition) is 2. The summed E-state index contributed by atoms with van der Waals surface area (Å²) in [6.45, 7) is 1.48. The highest BCUT2D eigenvalue weighted by molar-refractivity contribution is 6.07. The lowest BCUT2D eigenvalue weighted by Crippen LogP contribution is -2.22. The lowest BCUT2D eigenvalue weighted by atomic mass is 10.0. The maximum Gasteiger partial charge on any atom is 0.422 e. The first-order chi connectivity index (χ1) is 15.0. The van der Waals surface area contributed by atoms with Gasteiger partial charge in [0.05, 0.1) is 16.9 Å². The summed E-state index contributed by atoms with van der Waals surface area (Å²) < 4.78 is 72.0. The molecule has 0 aliphatic heterocycles. The van der Waals surface area contributed by atoms with Crippen LogP contribution in [0.15, 0.2) is 42.5 Å². The van der Waals surface area contributed by atoms with Gasteiger partial charge in [-0.2, -0.15) is 13.2 Å². The molecule has 5 nitrogen and oxygen atoms in total. The zero-order valence-corrected chi connectivity index (χ0v) is 17.0. The van der Waals surface area contributed by atoms with Crippen LogP contribution in [-0.2, 0) is 0 Å². The summed E-state index contributed by atoms with van der Waals surface area (Å²) in [5.41, 5.74) is 5.83. The summed E-state index contributed by atoms with van der Waals surface area (Å²) in [6.07, 6.45) is -4.71. The minimum absolute atomic E-state index is 0.0411. The van der Waals surface area contributed by atoms with Crippen LogP contribution in [0.3, 0.4) is 0 Å². The first-order valence-corrected chi connectivity index (χ1v) is 9.29. The standard InChI is InChI=1S/C22H18F5N3O2/c1-11-4-3-5-15(23)19(11)30-21(31)14-8-16(24)13(9-18(14)32-10-22(25,26)27)17-7-6-12(2)20(28)29-17/h3-9H,10H2,1-2H3,(H2,28,29)(H,30,31). The van der Waals surface area contributed by atoms with E-state index >= 15 is 0 Å². The van der Waals surface area contributed by atoms with Crippen molar-refractivity contribution in [1.29, 1.82) is 0 Å². The quantitative estimate of drug-likeness (QED) is 0.508. The molecule has 3 aromatic rings. The average molecular weight is 451 g/mol. The molecule has 1 aromatic heterocycles. The molecule has 0 saturated carbocycles. The maximum absolute atomic E-state index is 14.9. The molecular formula is C22H18F5N3O2. The Bertz CT molecular complexity index is 1160. The second-order valence-electron chi connectivity index (χ2n) is 7.02. The third-order valence-electron chi connectivity index (χ3n) is 4.58. The molecule has 0 aliphatic carbocycles. The number of para-hydroxylation sites is 1. The zero-order valence-electron chi connectivity index (χ0n) is 17.0. The van der Waals surface area contributed by atoms with Crippen molar-refractivity contribution < 1.29 is 31.5 Å². The monoisotopic (exact) mass is 451 g/mol. The Hall–Kier alpha value is -3.69. The predicted molar refractivity (Wildman–Crippen MR) is 109 cm³/mol. The highest BCUT2D eigenvalue weighted by Gasteiger charge is 2.30. The second-order valence-corrected chi connectivity index (χ2v) is 7.02. The summed E-state index contributed by atoms with van der Waals surface area (Å²) in [7, 11) is 0. The number of halogens is 5. The van der Waals surface area contributed by atoms with E-state index in [1.807, 2.05) is 0 Å². The van der Waals surface area contributed by atoms with Crippen molar-refractivity contribution >= 4 is 17.4 Å². The Morgan fingerprint density at radius 2 is 1.78 bits per heavy atom. The Balaban J connectivity index is 2.06. The summed E-state index contributed by atoms with van der Waals surface area (Å²) in [6, 6.07) is 8.69. The van der Waals surface area contributed by atoms with Gasteiger partial charge in [-0.05, 0) is 49.2 Å². The first-order valence-electron chi connectivity index (χ1n) is 9.29. The van der Waals surface area contributed by atoms with Gasteiger partial charge in [-0.25, -0.2) is 13.8 Å². The van der Waals surface area contributed by atoms with Crippen LogP contribution in [0.5, 0.6) is 5.75 Å². The number of aryl methyl sites for hydroxylation is 2. The molecule has 0 radical (unpaired) electrons. The molecule has 0 spiro atoms. The second kappa shape index (κ2) is 8.81. The van der Waals surface area contributed by atoms with E-state index in [0.29, 0.717) is 17.2 Å². The molecule has 3 N–H and O–H groups in total. The Morgan fingerprint density at radius 1 is 1.06 bits per heavy atom. The van der Waals surface area contributed by atoms with Crippen LogP contribution < -0.4 is 15.8 Å². The summed E-state index contributed by atoms with van der Waals surface area (Å²) in [4.78, 5) is 16.8. The summed E-state index contributed by atoms with van der Waals surface area (Å²) >= 11 is 0. The molecule has 32 heavy (non-hydrogen) atoms. The Morgan fingerprint density at radius 3 is 2.41 bits per heavy atom. The lowest BCUT2D eigenvalue weighted by molar-refractivity contribution is -0.153. The first kappa shape index (κ1) is 23.0. The fourth-order valence-electron chi connectivity index (χ4n) is 2.87. The number of nitrogens with zero attached hydrogens (tertiary/aromatic N) is 1. The average Bonchev–Trinajstić information content (AvgIpc) is 2.71. The van der Waals surface area contributed by atoms with E-state index in [4.69, 9.17) is 10.5 Å². The number of rotatable bonds is 5. The Labute approximate surface area is 180 Å². The van der Waals surface area contributed by atoms with E-state index in [-0.39, 0.29) is 22.8 Å². The number of anilines is 2. The van der Waals surface area contributed by atoms with Gasteiger partial charge in [0, 0.05) is 5.56 Å². The van der Waals surface area contributed by atoms with Crippen molar-refractivity contribution in [3.63, 3.8) is 0 Å². The van der Waals surface area contributed by atoms with Crippen molar-refractivity contribution in [2.75, 3.05) is 17.7 Å². The topological polar surface area (TPSA) is 77.2 Å². The number of carbonyl (C=O) groups is 1. The lowest BCUT2D eigenvalue weighted by Gasteiger charge is -2.16. The van der Waals surface area contributed by atoms with E-state index in [2.05, 4.69) is 10.3 Å². The van der Waals surface area contributed by atoms with Crippen LogP contribution in [0.25, 0.3) is 11.3 Å². The smallest absolute Gasteiger partial charge is 0.422 e. The van der Waals surface area contributed by atoms with Gasteiger partial charge in [0.1, 0.15) is 23.2 Å². The number of pyridine rings is 1. The minimum atomic E-state index is -4.71. The molecule has 0 fully saturated rings. The van der Waals surface area contributed by atoms with E-state index in [0.717, 1.165) is 12.1 Å². The molecule has 0 bridgehead atoms. The molecule has 3 rings (SSSR count). The molecular weight excluding hydrogens is 433 g/mol. The molecule has 0 aliphatic rings.